The van der Waals surface area contributed by atoms with Gasteiger partial charge in [0.15, 0.2) is 5.71 Å². The number of allylic oxidation sites excluding steroid dienone is 8. The third kappa shape index (κ3) is 10.2. The van der Waals surface area contributed by atoms with Crippen LogP contribution in [0, 0.1) is 0 Å². The summed E-state index contributed by atoms with van der Waals surface area (Å²) in [6.45, 7) is 8.50. The first-order valence-electron chi connectivity index (χ1n) is 23.6. The highest BCUT2D eigenvalue weighted by Gasteiger charge is 2.46. The van der Waals surface area contributed by atoms with Gasteiger partial charge in [0.05, 0.1) is 26.7 Å². The van der Waals surface area contributed by atoms with E-state index in [1.807, 2.05) is 73.6 Å². The highest BCUT2D eigenvalue weighted by Crippen LogP contribution is 2.52. The van der Waals surface area contributed by atoms with Gasteiger partial charge in [-0.05, 0) is 132 Å². The molecule has 3 aliphatic rings. The van der Waals surface area contributed by atoms with E-state index in [9.17, 15) is 66.6 Å². The fourth-order valence-electron chi connectivity index (χ4n) is 10.8. The Morgan fingerprint density at radius 1 is 0.649 bits per heavy atom. The first-order chi connectivity index (χ1) is 34.3. The predicted molar refractivity (Wildman–Crippen MR) is 282 cm³/mol. The van der Waals surface area contributed by atoms with E-state index in [1.54, 1.807) is 24.3 Å². The lowest BCUT2D eigenvalue weighted by Crippen LogP contribution is -2.38. The van der Waals surface area contributed by atoms with Crippen molar-refractivity contribution >= 4 is 84.7 Å². The Balaban J connectivity index is 1.30. The monoisotopic (exact) mass is 1090 g/mol. The molecule has 5 aromatic rings. The number of fused-ring (bicyclic) bond motifs is 6. The van der Waals surface area contributed by atoms with Gasteiger partial charge in [0.1, 0.15) is 12.1 Å². The van der Waals surface area contributed by atoms with Crippen LogP contribution in [0.3, 0.4) is 0 Å². The van der Waals surface area contributed by atoms with Gasteiger partial charge in [0, 0.05) is 61.6 Å². The summed E-state index contributed by atoms with van der Waals surface area (Å²) in [6, 6.07) is 15.7. The van der Waals surface area contributed by atoms with Gasteiger partial charge in [-0.15, -0.1) is 0 Å². The molecule has 0 unspecified atom stereocenters. The molecule has 2 aliphatic heterocycles. The molecule has 5 N–H and O–H groups in total. The summed E-state index contributed by atoms with van der Waals surface area (Å²) >= 11 is 0. The minimum absolute atomic E-state index is 0.130. The van der Waals surface area contributed by atoms with Crippen molar-refractivity contribution in [1.82, 2.24) is 9.13 Å². The zero-order valence-electron chi connectivity index (χ0n) is 41.4. The molecule has 0 spiro atoms. The lowest BCUT2D eigenvalue weighted by atomic mass is 9.79. The van der Waals surface area contributed by atoms with Gasteiger partial charge < -0.3 is 10.0 Å². The SMILES string of the molecule is Cn1c(O)c(C2=C(/C=C/C3=[N+](CCCCS(=O)(=O)O)c4ccc5cc(S(=O)(=O)O)ccc5c4C3(C)C)CC/C2=C\C=C2\N(CCCCS(=O)(=O)O)c3ccc4cc(S(=O)(=O)O)ccc4c3C2(C)C)c(=O)n(C)c1=O. The van der Waals surface area contributed by atoms with Crippen molar-refractivity contribution in [1.29, 1.82) is 0 Å². The molecular weight excluding hydrogens is 1040 g/mol. The zero-order chi connectivity index (χ0) is 54.2. The molecule has 3 heterocycles. The molecule has 4 aromatic carbocycles. The number of hydrogen-bond donors (Lipinski definition) is 5. The Kier molecular flexibility index (Phi) is 14.1. The summed E-state index contributed by atoms with van der Waals surface area (Å²) in [5, 5.41) is 14.2. The molecule has 74 heavy (non-hydrogen) atoms. The number of aromatic nitrogens is 2. The lowest BCUT2D eigenvalue weighted by molar-refractivity contribution is -0.438. The Bertz CT molecular complexity index is 3990. The van der Waals surface area contributed by atoms with Crippen LogP contribution in [0.15, 0.2) is 121 Å². The molecule has 1 aliphatic carbocycles. The van der Waals surface area contributed by atoms with Gasteiger partial charge in [0.2, 0.25) is 11.6 Å². The molecule has 23 heteroatoms. The number of unbranched alkanes of at least 4 members (excludes halogenated alkanes) is 2. The Morgan fingerprint density at radius 2 is 1.22 bits per heavy atom. The van der Waals surface area contributed by atoms with E-state index in [1.165, 1.54) is 38.4 Å². The molecular formula is C51H57N4O15S4+. The largest absolute Gasteiger partial charge is 0.494 e. The number of rotatable bonds is 16. The van der Waals surface area contributed by atoms with Crippen LogP contribution in [0.1, 0.15) is 82.9 Å². The topological polar surface area (TPSA) is 288 Å². The van der Waals surface area contributed by atoms with Gasteiger partial charge in [-0.2, -0.15) is 38.2 Å². The highest BCUT2D eigenvalue weighted by atomic mass is 32.2. The van der Waals surface area contributed by atoms with Gasteiger partial charge in [-0.25, -0.2) is 4.79 Å². The first-order valence-corrected chi connectivity index (χ1v) is 29.7. The van der Waals surface area contributed by atoms with E-state index in [0.29, 0.717) is 77.0 Å². The smallest absolute Gasteiger partial charge is 0.333 e. The Labute approximate surface area is 428 Å². The molecule has 394 valence electrons. The standard InChI is InChI=1S/C51H56N4O15S4/c1-50(2)41(54(25-7-9-27-71(59,60)61)39-21-13-33-29-35(73(65,66)67)17-19-37(33)45(39)50)23-15-31-11-12-32(43(31)44-47(56)52(5)49(58)53(6)48(44)57)16-24-42-51(3,4)46-38-20-18-36(74(68,69)70)30-34(38)14-22-40(46)55(42)26-8-10-28-72(62,63)64/h13-24,29-30H,7-12,25-28H2,1-6H3,(H4,59,60,61,62,63,64,65,66,67,68,69,70)/p+1/b31-15+,41-23+. The van der Waals surface area contributed by atoms with E-state index < -0.39 is 79.9 Å². The van der Waals surface area contributed by atoms with Crippen LogP contribution in [-0.4, -0.2) is 101 Å². The van der Waals surface area contributed by atoms with E-state index in [0.717, 1.165) is 43.0 Å². The molecule has 0 saturated heterocycles. The predicted octanol–water partition coefficient (Wildman–Crippen LogP) is 6.71. The molecule has 0 saturated carbocycles. The highest BCUT2D eigenvalue weighted by molar-refractivity contribution is 7.86. The summed E-state index contributed by atoms with van der Waals surface area (Å²) in [7, 11) is -14.9. The van der Waals surface area contributed by atoms with Crippen LogP contribution in [0.25, 0.3) is 27.1 Å². The molecule has 0 atom stereocenters. The van der Waals surface area contributed by atoms with E-state index >= 15 is 0 Å². The molecule has 0 amide bonds. The third-order valence-corrected chi connectivity index (χ3v) is 17.7. The quantitative estimate of drug-likeness (QED) is 0.0390. The minimum Gasteiger partial charge on any atom is -0.494 e. The van der Waals surface area contributed by atoms with Crippen LogP contribution in [0.5, 0.6) is 5.88 Å². The summed E-state index contributed by atoms with van der Waals surface area (Å²) in [5.41, 5.74) is 2.94. The Hall–Kier alpha value is -6.05. The van der Waals surface area contributed by atoms with Crippen LogP contribution < -0.4 is 16.1 Å². The summed E-state index contributed by atoms with van der Waals surface area (Å²) in [6.07, 6.45) is 9.09. The fraction of sp³-hybridized carbons (Fsp3) is 0.353. The van der Waals surface area contributed by atoms with E-state index in [4.69, 9.17) is 0 Å². The van der Waals surface area contributed by atoms with Crippen LogP contribution in [-0.2, 0) is 65.4 Å². The molecule has 0 bridgehead atoms. The second-order valence-corrected chi connectivity index (χ2v) is 25.9. The summed E-state index contributed by atoms with van der Waals surface area (Å²) < 4.78 is 138. The van der Waals surface area contributed by atoms with Crippen molar-refractivity contribution in [3.8, 4) is 5.88 Å². The number of nitrogens with zero attached hydrogens (tertiary/aromatic N) is 4. The van der Waals surface area contributed by atoms with Crippen molar-refractivity contribution in [3.05, 3.63) is 139 Å². The molecule has 8 rings (SSSR count). The minimum atomic E-state index is -4.53. The molecule has 1 aromatic heterocycles. The number of benzene rings is 4. The van der Waals surface area contributed by atoms with Gasteiger partial charge >= 0.3 is 5.69 Å². The normalized spacial score (nSPS) is 18.1. The molecule has 0 fully saturated rings. The lowest BCUT2D eigenvalue weighted by Gasteiger charge is -2.27. The Morgan fingerprint density at radius 3 is 1.80 bits per heavy atom. The second-order valence-electron chi connectivity index (χ2n) is 19.9. The summed E-state index contributed by atoms with van der Waals surface area (Å²) in [5.74, 6) is -1.48. The van der Waals surface area contributed by atoms with Gasteiger partial charge in [-0.3, -0.25) is 32.1 Å². The van der Waals surface area contributed by atoms with Crippen molar-refractivity contribution in [2.45, 2.75) is 86.8 Å². The zero-order valence-corrected chi connectivity index (χ0v) is 44.7. The maximum atomic E-state index is 14.3. The maximum absolute atomic E-state index is 14.3. The second kappa shape index (κ2) is 19.3. The van der Waals surface area contributed by atoms with Crippen molar-refractivity contribution in [2.24, 2.45) is 14.1 Å². The van der Waals surface area contributed by atoms with Gasteiger partial charge in [0.25, 0.3) is 46.0 Å². The maximum Gasteiger partial charge on any atom is 0.333 e. The number of hydrogen-bond acceptors (Lipinski definition) is 12. The average molecular weight is 1090 g/mol. The fourth-order valence-corrected chi connectivity index (χ4v) is 13.0. The molecule has 19 nitrogen and oxygen atoms in total. The summed E-state index contributed by atoms with van der Waals surface area (Å²) in [4.78, 5) is 28.9. The van der Waals surface area contributed by atoms with Crippen LogP contribution >= 0.6 is 0 Å². The first kappa shape index (κ1) is 54.2. The van der Waals surface area contributed by atoms with Crippen LogP contribution in [0.2, 0.25) is 0 Å². The number of aromatic hydroxyl groups is 1. The molecule has 0 radical (unpaired) electrons. The van der Waals surface area contributed by atoms with Crippen molar-refractivity contribution in [2.75, 3.05) is 29.5 Å². The van der Waals surface area contributed by atoms with Crippen molar-refractivity contribution in [3.63, 3.8) is 0 Å². The van der Waals surface area contributed by atoms with E-state index in [2.05, 4.69) is 0 Å². The average Bonchev–Trinajstić information content (AvgIpc) is 3.87. The third-order valence-electron chi connectivity index (χ3n) is 14.4. The van der Waals surface area contributed by atoms with E-state index in [-0.39, 0.29) is 28.2 Å². The number of anilines is 1. The van der Waals surface area contributed by atoms with Crippen molar-refractivity contribution < 1.29 is 61.6 Å². The van der Waals surface area contributed by atoms with Gasteiger partial charge in [-0.1, -0.05) is 44.2 Å². The van der Waals surface area contributed by atoms with Crippen LogP contribution in [0.4, 0.5) is 11.4 Å².